The van der Waals surface area contributed by atoms with E-state index in [1.165, 1.54) is 31.3 Å². The highest BCUT2D eigenvalue weighted by Gasteiger charge is 2.14. The van der Waals surface area contributed by atoms with Gasteiger partial charge in [-0.15, -0.1) is 0 Å². The van der Waals surface area contributed by atoms with Crippen molar-refractivity contribution >= 4 is 15.9 Å². The molecule has 0 aromatic heterocycles. The van der Waals surface area contributed by atoms with Gasteiger partial charge in [0, 0.05) is 12.6 Å². The molecule has 0 bridgehead atoms. The van der Waals surface area contributed by atoms with Gasteiger partial charge in [-0.25, -0.2) is 12.8 Å². The van der Waals surface area contributed by atoms with Crippen molar-refractivity contribution in [2.75, 3.05) is 26.4 Å². The lowest BCUT2D eigenvalue weighted by atomic mass is 10.2. The maximum atomic E-state index is 12.6. The second kappa shape index (κ2) is 7.03. The molecular weight excluding hydrogens is 283 g/mol. The van der Waals surface area contributed by atoms with Crippen molar-refractivity contribution in [1.82, 2.24) is 9.62 Å². The molecule has 0 aliphatic heterocycles. The van der Waals surface area contributed by atoms with Crippen LogP contribution in [-0.4, -0.2) is 45.0 Å². The van der Waals surface area contributed by atoms with Gasteiger partial charge in [0.25, 0.3) is 0 Å². The van der Waals surface area contributed by atoms with Gasteiger partial charge in [-0.05, 0) is 24.3 Å². The number of nitrogens with zero attached hydrogens (tertiary/aromatic N) is 1. The molecule has 0 spiro atoms. The summed E-state index contributed by atoms with van der Waals surface area (Å²) in [5.41, 5.74) is 0.633. The molecule has 1 aromatic rings. The van der Waals surface area contributed by atoms with Crippen molar-refractivity contribution in [3.63, 3.8) is 0 Å². The van der Waals surface area contributed by atoms with Crippen LogP contribution in [0, 0.1) is 17.7 Å². The Bertz CT molecular complexity index is 630. The van der Waals surface area contributed by atoms with Gasteiger partial charge in [0.15, 0.2) is 0 Å². The van der Waals surface area contributed by atoms with Crippen molar-refractivity contribution in [2.24, 2.45) is 0 Å². The second-order valence-electron chi connectivity index (χ2n) is 4.10. The first kappa shape index (κ1) is 16.1. The summed E-state index contributed by atoms with van der Waals surface area (Å²) in [7, 11) is -2.06. The van der Waals surface area contributed by atoms with Crippen LogP contribution < -0.4 is 5.32 Å². The maximum absolute atomic E-state index is 12.6. The van der Waals surface area contributed by atoms with Crippen LogP contribution in [0.2, 0.25) is 0 Å². The zero-order valence-electron chi connectivity index (χ0n) is 11.2. The average Bonchev–Trinajstić information content (AvgIpc) is 2.35. The summed E-state index contributed by atoms with van der Waals surface area (Å²) >= 11 is 0. The van der Waals surface area contributed by atoms with E-state index in [1.807, 2.05) is 0 Å². The summed E-state index contributed by atoms with van der Waals surface area (Å²) in [6.07, 6.45) is 1.02. The van der Waals surface area contributed by atoms with Crippen LogP contribution in [0.5, 0.6) is 0 Å². The van der Waals surface area contributed by atoms with Crippen molar-refractivity contribution in [2.45, 2.75) is 0 Å². The lowest BCUT2D eigenvalue weighted by Gasteiger charge is -2.12. The van der Waals surface area contributed by atoms with E-state index in [-0.39, 0.29) is 18.9 Å². The number of likely N-dealkylation sites (N-methyl/N-ethyl adjacent to an activating group) is 1. The molecule has 0 radical (unpaired) electrons. The maximum Gasteiger partial charge on any atom is 0.236 e. The van der Waals surface area contributed by atoms with Crippen molar-refractivity contribution in [3.8, 4) is 11.8 Å². The number of hydrogen-bond acceptors (Lipinski definition) is 3. The Labute approximate surface area is 117 Å². The number of carbonyl (C=O) groups is 1. The molecule has 0 unspecified atom stereocenters. The average molecular weight is 298 g/mol. The Balaban J connectivity index is 2.42. The molecule has 1 aromatic carbocycles. The number of rotatable bonds is 4. The predicted molar refractivity (Wildman–Crippen MR) is 73.8 cm³/mol. The lowest BCUT2D eigenvalue weighted by Crippen LogP contribution is -2.37. The molecule has 108 valence electrons. The number of sulfonamides is 1. The smallest absolute Gasteiger partial charge is 0.236 e. The molecule has 1 amide bonds. The van der Waals surface area contributed by atoms with Crippen LogP contribution in [0.1, 0.15) is 5.56 Å². The van der Waals surface area contributed by atoms with E-state index < -0.39 is 15.9 Å². The first-order chi connectivity index (χ1) is 9.29. The lowest BCUT2D eigenvalue weighted by molar-refractivity contribution is -0.120. The van der Waals surface area contributed by atoms with E-state index in [1.54, 1.807) is 0 Å². The number of nitrogens with one attached hydrogen (secondary N) is 1. The minimum atomic E-state index is -3.37. The molecule has 1 N–H and O–H groups in total. The molecule has 0 fully saturated rings. The first-order valence-electron chi connectivity index (χ1n) is 5.71. The van der Waals surface area contributed by atoms with E-state index in [9.17, 15) is 17.6 Å². The number of hydrogen-bond donors (Lipinski definition) is 1. The Morgan fingerprint density at radius 1 is 1.35 bits per heavy atom. The Morgan fingerprint density at radius 2 is 1.95 bits per heavy atom. The standard InChI is InChI=1S/C13H15FN2O3S/c1-16(20(2,18)19)10-13(17)15-9-3-4-11-5-7-12(14)8-6-11/h5-8H,9-10H2,1-2H3,(H,15,17). The third-order valence-electron chi connectivity index (χ3n) is 2.38. The Morgan fingerprint density at radius 3 is 2.50 bits per heavy atom. The van der Waals surface area contributed by atoms with E-state index in [0.29, 0.717) is 5.56 Å². The van der Waals surface area contributed by atoms with Crippen molar-refractivity contribution in [1.29, 1.82) is 0 Å². The van der Waals surface area contributed by atoms with Gasteiger partial charge in [-0.3, -0.25) is 4.79 Å². The summed E-state index contributed by atoms with van der Waals surface area (Å²) in [6, 6.07) is 5.65. The van der Waals surface area contributed by atoms with Crippen molar-refractivity contribution in [3.05, 3.63) is 35.6 Å². The number of halogens is 1. The molecule has 7 heteroatoms. The highest BCUT2D eigenvalue weighted by molar-refractivity contribution is 7.88. The minimum Gasteiger partial charge on any atom is -0.344 e. The topological polar surface area (TPSA) is 66.5 Å². The summed E-state index contributed by atoms with van der Waals surface area (Å²) in [4.78, 5) is 11.4. The van der Waals surface area contributed by atoms with Crippen LogP contribution in [0.25, 0.3) is 0 Å². The first-order valence-corrected chi connectivity index (χ1v) is 7.56. The fourth-order valence-corrected chi connectivity index (χ4v) is 1.55. The minimum absolute atomic E-state index is 0.0911. The highest BCUT2D eigenvalue weighted by Crippen LogP contribution is 2.00. The number of carbonyl (C=O) groups excluding carboxylic acids is 1. The van der Waals surface area contributed by atoms with Gasteiger partial charge < -0.3 is 5.32 Å². The van der Waals surface area contributed by atoms with E-state index in [4.69, 9.17) is 0 Å². The summed E-state index contributed by atoms with van der Waals surface area (Å²) < 4.78 is 35.8. The summed E-state index contributed by atoms with van der Waals surface area (Å²) in [5.74, 6) is 4.66. The normalized spacial score (nSPS) is 10.8. The molecular formula is C13H15FN2O3S. The van der Waals surface area contributed by atoms with Gasteiger partial charge in [0.05, 0.1) is 19.3 Å². The molecule has 5 nitrogen and oxygen atoms in total. The summed E-state index contributed by atoms with van der Waals surface area (Å²) in [6.45, 7) is -0.162. The summed E-state index contributed by atoms with van der Waals surface area (Å²) in [5, 5.41) is 2.47. The number of benzene rings is 1. The van der Waals surface area contributed by atoms with E-state index in [2.05, 4.69) is 17.2 Å². The molecule has 0 aliphatic carbocycles. The molecule has 0 aliphatic rings. The quantitative estimate of drug-likeness (QED) is 0.807. The van der Waals surface area contributed by atoms with Gasteiger partial charge in [-0.2, -0.15) is 4.31 Å². The van der Waals surface area contributed by atoms with Crippen LogP contribution in [-0.2, 0) is 14.8 Å². The fraction of sp³-hybridized carbons (Fsp3) is 0.308. The molecule has 1 rings (SSSR count). The van der Waals surface area contributed by atoms with Crippen LogP contribution in [0.3, 0.4) is 0 Å². The number of amides is 1. The predicted octanol–water partition coefficient (Wildman–Crippen LogP) is 0.185. The molecule has 0 atom stereocenters. The third-order valence-corrected chi connectivity index (χ3v) is 3.64. The highest BCUT2D eigenvalue weighted by atomic mass is 32.2. The third kappa shape index (κ3) is 5.82. The molecule has 0 saturated heterocycles. The fourth-order valence-electron chi connectivity index (χ4n) is 1.20. The van der Waals surface area contributed by atoms with Crippen LogP contribution in [0.15, 0.2) is 24.3 Å². The van der Waals surface area contributed by atoms with Gasteiger partial charge in [0.2, 0.25) is 15.9 Å². The molecule has 0 heterocycles. The largest absolute Gasteiger partial charge is 0.344 e. The second-order valence-corrected chi connectivity index (χ2v) is 6.19. The zero-order valence-corrected chi connectivity index (χ0v) is 12.0. The molecule has 20 heavy (non-hydrogen) atoms. The monoisotopic (exact) mass is 298 g/mol. The Kier molecular flexibility index (Phi) is 5.67. The van der Waals surface area contributed by atoms with Crippen molar-refractivity contribution < 1.29 is 17.6 Å². The van der Waals surface area contributed by atoms with Gasteiger partial charge in [0.1, 0.15) is 5.82 Å². The van der Waals surface area contributed by atoms with E-state index >= 15 is 0 Å². The SMILES string of the molecule is CN(CC(=O)NCC#Cc1ccc(F)cc1)S(C)(=O)=O. The zero-order chi connectivity index (χ0) is 15.2. The van der Waals surface area contributed by atoms with Crippen LogP contribution >= 0.6 is 0 Å². The van der Waals surface area contributed by atoms with Crippen LogP contribution in [0.4, 0.5) is 4.39 Å². The Hall–Kier alpha value is -1.91. The van der Waals surface area contributed by atoms with Gasteiger partial charge in [-0.1, -0.05) is 11.8 Å². The van der Waals surface area contributed by atoms with E-state index in [0.717, 1.165) is 10.6 Å². The molecule has 0 saturated carbocycles. The van der Waals surface area contributed by atoms with Gasteiger partial charge >= 0.3 is 0 Å².